The van der Waals surface area contributed by atoms with Crippen LogP contribution in [0.15, 0.2) is 18.2 Å². The lowest BCUT2D eigenvalue weighted by atomic mass is 9.79. The van der Waals surface area contributed by atoms with E-state index in [2.05, 4.69) is 0 Å². The maximum Gasteiger partial charge on any atom is 0.492 e. The lowest BCUT2D eigenvalue weighted by molar-refractivity contribution is 0.340. The summed E-state index contributed by atoms with van der Waals surface area (Å²) in [6.45, 7) is 3.63. The second kappa shape index (κ2) is 6.93. The van der Waals surface area contributed by atoms with Crippen LogP contribution in [0.5, 0.6) is 5.75 Å². The van der Waals surface area contributed by atoms with Gasteiger partial charge in [0.1, 0.15) is 12.4 Å². The third kappa shape index (κ3) is 5.22. The average Bonchev–Trinajstić information content (AvgIpc) is 2.30. The van der Waals surface area contributed by atoms with Gasteiger partial charge in [-0.15, -0.1) is 0 Å². The molecule has 1 rings (SSSR count). The summed E-state index contributed by atoms with van der Waals surface area (Å²) in [5.41, 5.74) is 1.11. The Labute approximate surface area is 114 Å². The molecule has 0 saturated carbocycles. The van der Waals surface area contributed by atoms with Gasteiger partial charge in [-0.1, -0.05) is 24.6 Å². The van der Waals surface area contributed by atoms with Crippen LogP contribution in [0.25, 0.3) is 0 Å². The Morgan fingerprint density at radius 1 is 1.26 bits per heavy atom. The van der Waals surface area contributed by atoms with Crippen LogP contribution in [0.3, 0.4) is 0 Å². The fraction of sp³-hybridized carbons (Fsp3) is 0.500. The van der Waals surface area contributed by atoms with Crippen LogP contribution in [0.2, 0.25) is 0 Å². The van der Waals surface area contributed by atoms with E-state index in [0.29, 0.717) is 12.2 Å². The van der Waals surface area contributed by atoms with Crippen LogP contribution in [0.4, 0.5) is 0 Å². The van der Waals surface area contributed by atoms with Crippen LogP contribution in [0, 0.1) is 6.92 Å². The van der Waals surface area contributed by atoms with Crippen molar-refractivity contribution >= 4 is 22.4 Å². The normalized spacial score (nSPS) is 11.4. The Hall–Kier alpha value is -1.05. The van der Waals surface area contributed by atoms with Crippen LogP contribution >= 0.6 is 0 Å². The van der Waals surface area contributed by atoms with Gasteiger partial charge in [-0.2, -0.15) is 0 Å². The lowest BCUT2D eigenvalue weighted by Crippen LogP contribution is -2.32. The standard InChI is InChI=1S/C12H19BO5S/c1-3-7-19(16,17)8-6-18-12-5-4-10(2)9-11(12)13(14)15/h4-5,9,14-15H,3,6-8H2,1-2H3. The monoisotopic (exact) mass is 286 g/mol. The minimum absolute atomic E-state index is 0.00507. The predicted octanol–water partition coefficient (Wildman–Crippen LogP) is -0.122. The summed E-state index contributed by atoms with van der Waals surface area (Å²) in [5.74, 6) is 0.363. The summed E-state index contributed by atoms with van der Waals surface area (Å²) in [6.07, 6.45) is 0.577. The van der Waals surface area contributed by atoms with E-state index in [1.54, 1.807) is 25.1 Å². The molecular weight excluding hydrogens is 267 g/mol. The largest absolute Gasteiger partial charge is 0.493 e. The maximum atomic E-state index is 11.5. The quantitative estimate of drug-likeness (QED) is 0.683. The smallest absolute Gasteiger partial charge is 0.492 e. The van der Waals surface area contributed by atoms with E-state index >= 15 is 0 Å². The van der Waals surface area contributed by atoms with Gasteiger partial charge in [0.25, 0.3) is 0 Å². The van der Waals surface area contributed by atoms with Gasteiger partial charge in [-0.3, -0.25) is 0 Å². The fourth-order valence-electron chi connectivity index (χ4n) is 1.69. The molecule has 0 radical (unpaired) electrons. The maximum absolute atomic E-state index is 11.5. The third-order valence-electron chi connectivity index (χ3n) is 2.61. The van der Waals surface area contributed by atoms with Gasteiger partial charge in [0.05, 0.1) is 11.5 Å². The molecule has 1 aromatic carbocycles. The molecule has 0 fully saturated rings. The molecular formula is C12H19BO5S. The molecule has 0 aliphatic carbocycles. The molecule has 5 nitrogen and oxygen atoms in total. The molecule has 0 aromatic heterocycles. The van der Waals surface area contributed by atoms with Crippen LogP contribution in [-0.2, 0) is 9.84 Å². The zero-order valence-corrected chi connectivity index (χ0v) is 12.0. The Morgan fingerprint density at radius 2 is 1.95 bits per heavy atom. The van der Waals surface area contributed by atoms with Crippen molar-refractivity contribution in [3.8, 4) is 5.75 Å². The van der Waals surface area contributed by atoms with Gasteiger partial charge in [0.15, 0.2) is 9.84 Å². The van der Waals surface area contributed by atoms with Crippen molar-refractivity contribution in [1.82, 2.24) is 0 Å². The topological polar surface area (TPSA) is 83.8 Å². The molecule has 0 bridgehead atoms. The van der Waals surface area contributed by atoms with Crippen molar-refractivity contribution in [3.05, 3.63) is 23.8 Å². The minimum Gasteiger partial charge on any atom is -0.493 e. The lowest BCUT2D eigenvalue weighted by Gasteiger charge is -2.12. The van der Waals surface area contributed by atoms with E-state index in [-0.39, 0.29) is 23.6 Å². The first kappa shape index (κ1) is 16.0. The Kier molecular flexibility index (Phi) is 5.84. The molecule has 0 heterocycles. The number of sulfone groups is 1. The highest BCUT2D eigenvalue weighted by Gasteiger charge is 2.18. The molecule has 2 N–H and O–H groups in total. The third-order valence-corrected chi connectivity index (χ3v) is 4.43. The van der Waals surface area contributed by atoms with Crippen molar-refractivity contribution < 1.29 is 23.2 Å². The zero-order chi connectivity index (χ0) is 14.5. The van der Waals surface area contributed by atoms with Crippen LogP contribution in [-0.4, -0.2) is 43.7 Å². The molecule has 0 atom stereocenters. The van der Waals surface area contributed by atoms with Crippen molar-refractivity contribution in [2.24, 2.45) is 0 Å². The van der Waals surface area contributed by atoms with E-state index in [9.17, 15) is 18.5 Å². The predicted molar refractivity (Wildman–Crippen MR) is 75.4 cm³/mol. The highest BCUT2D eigenvalue weighted by atomic mass is 32.2. The van der Waals surface area contributed by atoms with Gasteiger partial charge in [0.2, 0.25) is 0 Å². The minimum atomic E-state index is -3.09. The van der Waals surface area contributed by atoms with Crippen LogP contribution < -0.4 is 10.2 Å². The summed E-state index contributed by atoms with van der Waals surface area (Å²) in [6, 6.07) is 4.97. The molecule has 0 aliphatic heterocycles. The number of hydrogen-bond acceptors (Lipinski definition) is 5. The van der Waals surface area contributed by atoms with E-state index in [1.807, 2.05) is 6.92 Å². The zero-order valence-electron chi connectivity index (χ0n) is 11.2. The highest BCUT2D eigenvalue weighted by Crippen LogP contribution is 2.10. The van der Waals surface area contributed by atoms with Crippen molar-refractivity contribution in [1.29, 1.82) is 0 Å². The number of aryl methyl sites for hydroxylation is 1. The molecule has 0 spiro atoms. The summed E-state index contributed by atoms with van der Waals surface area (Å²) < 4.78 is 28.4. The van der Waals surface area contributed by atoms with E-state index in [0.717, 1.165) is 5.56 Å². The summed E-state index contributed by atoms with van der Waals surface area (Å²) in [5, 5.41) is 18.5. The first-order valence-corrected chi connectivity index (χ1v) is 7.98. The summed E-state index contributed by atoms with van der Waals surface area (Å²) >= 11 is 0. The summed E-state index contributed by atoms with van der Waals surface area (Å²) in [7, 11) is -4.73. The van der Waals surface area contributed by atoms with Gasteiger partial charge >= 0.3 is 7.12 Å². The first-order chi connectivity index (χ1) is 8.85. The van der Waals surface area contributed by atoms with Crippen LogP contribution in [0.1, 0.15) is 18.9 Å². The molecule has 0 amide bonds. The van der Waals surface area contributed by atoms with E-state index in [1.165, 1.54) is 0 Å². The van der Waals surface area contributed by atoms with Gasteiger partial charge in [0, 0.05) is 5.46 Å². The second-order valence-corrected chi connectivity index (χ2v) is 6.72. The SMILES string of the molecule is CCCS(=O)(=O)CCOc1ccc(C)cc1B(O)O. The Bertz CT molecular complexity index is 513. The van der Waals surface area contributed by atoms with Gasteiger partial charge < -0.3 is 14.8 Å². The number of rotatable bonds is 7. The summed E-state index contributed by atoms with van der Waals surface area (Å²) in [4.78, 5) is 0. The van der Waals surface area contributed by atoms with Crippen molar-refractivity contribution in [3.63, 3.8) is 0 Å². The average molecular weight is 286 g/mol. The molecule has 19 heavy (non-hydrogen) atoms. The van der Waals surface area contributed by atoms with Crippen molar-refractivity contribution in [2.45, 2.75) is 20.3 Å². The first-order valence-electron chi connectivity index (χ1n) is 6.15. The molecule has 1 aromatic rings. The number of hydrogen-bond donors (Lipinski definition) is 2. The fourth-order valence-corrected chi connectivity index (χ4v) is 2.86. The highest BCUT2D eigenvalue weighted by molar-refractivity contribution is 7.91. The molecule has 106 valence electrons. The number of ether oxygens (including phenoxy) is 1. The van der Waals surface area contributed by atoms with Gasteiger partial charge in [-0.25, -0.2) is 8.42 Å². The second-order valence-electron chi connectivity index (χ2n) is 4.42. The number of benzene rings is 1. The molecule has 7 heteroatoms. The molecule has 0 saturated heterocycles. The Morgan fingerprint density at radius 3 is 2.53 bits per heavy atom. The Balaban J connectivity index is 2.68. The molecule has 0 aliphatic rings. The van der Waals surface area contributed by atoms with E-state index in [4.69, 9.17) is 4.74 Å². The molecule has 0 unspecified atom stereocenters. The van der Waals surface area contributed by atoms with Gasteiger partial charge in [-0.05, 0) is 19.4 Å². The van der Waals surface area contributed by atoms with Crippen molar-refractivity contribution in [2.75, 3.05) is 18.1 Å². The van der Waals surface area contributed by atoms with E-state index < -0.39 is 17.0 Å².